The zero-order valence-corrected chi connectivity index (χ0v) is 15.7. The summed E-state index contributed by atoms with van der Waals surface area (Å²) < 4.78 is 0. The molecule has 6 rings (SSSR count). The molecule has 6 aromatic rings. The summed E-state index contributed by atoms with van der Waals surface area (Å²) in [6, 6.07) is 17.8. The molecular formula is C23H15N7. The van der Waals surface area contributed by atoms with Crippen LogP contribution in [0.15, 0.2) is 79.4 Å². The fourth-order valence-electron chi connectivity index (χ4n) is 3.64. The first-order valence-corrected chi connectivity index (χ1v) is 9.52. The van der Waals surface area contributed by atoms with E-state index in [4.69, 9.17) is 9.97 Å². The van der Waals surface area contributed by atoms with Crippen LogP contribution >= 0.6 is 0 Å². The van der Waals surface area contributed by atoms with E-state index in [1.807, 2.05) is 60.8 Å². The van der Waals surface area contributed by atoms with Crippen molar-refractivity contribution in [3.05, 3.63) is 79.4 Å². The molecule has 5 aromatic heterocycles. The van der Waals surface area contributed by atoms with Crippen molar-refractivity contribution in [2.24, 2.45) is 0 Å². The summed E-state index contributed by atoms with van der Waals surface area (Å²) >= 11 is 0. The highest BCUT2D eigenvalue weighted by Crippen LogP contribution is 2.31. The number of nitrogens with zero attached hydrogens (tertiary/aromatic N) is 5. The topological polar surface area (TPSA) is 96.0 Å². The Kier molecular flexibility index (Phi) is 3.64. The number of rotatable bonds is 3. The van der Waals surface area contributed by atoms with Crippen molar-refractivity contribution in [1.82, 2.24) is 35.1 Å². The summed E-state index contributed by atoms with van der Waals surface area (Å²) in [4.78, 5) is 21.5. The van der Waals surface area contributed by atoms with Crippen LogP contribution in [0.1, 0.15) is 0 Å². The molecule has 0 saturated carbocycles. The summed E-state index contributed by atoms with van der Waals surface area (Å²) in [5.41, 5.74) is 7.94. The summed E-state index contributed by atoms with van der Waals surface area (Å²) in [6.45, 7) is 0. The van der Waals surface area contributed by atoms with Crippen molar-refractivity contribution in [2.75, 3.05) is 0 Å². The van der Waals surface area contributed by atoms with E-state index in [0.29, 0.717) is 11.5 Å². The first kappa shape index (κ1) is 16.6. The van der Waals surface area contributed by atoms with Crippen LogP contribution in [0.25, 0.3) is 56.0 Å². The molecule has 5 heterocycles. The largest absolute Gasteiger partial charge is 0.336 e. The van der Waals surface area contributed by atoms with E-state index in [1.54, 1.807) is 18.6 Å². The third-order valence-electron chi connectivity index (χ3n) is 5.07. The first-order valence-electron chi connectivity index (χ1n) is 9.52. The first-order chi connectivity index (χ1) is 14.9. The van der Waals surface area contributed by atoms with Gasteiger partial charge in [-0.05, 0) is 36.4 Å². The van der Waals surface area contributed by atoms with Crippen molar-refractivity contribution in [2.45, 2.75) is 0 Å². The molecule has 0 fully saturated rings. The van der Waals surface area contributed by atoms with Crippen LogP contribution in [0.2, 0.25) is 0 Å². The smallest absolute Gasteiger partial charge is 0.161 e. The number of aromatic amines is 2. The molecule has 0 aliphatic carbocycles. The molecule has 0 saturated heterocycles. The monoisotopic (exact) mass is 389 g/mol. The fraction of sp³-hybridized carbons (Fsp3) is 0. The van der Waals surface area contributed by atoms with E-state index < -0.39 is 0 Å². The maximum Gasteiger partial charge on any atom is 0.161 e. The summed E-state index contributed by atoms with van der Waals surface area (Å²) in [5, 5.41) is 7.55. The lowest BCUT2D eigenvalue weighted by molar-refractivity contribution is 1.10. The number of imidazole rings is 1. The van der Waals surface area contributed by atoms with Crippen LogP contribution in [0.4, 0.5) is 0 Å². The molecule has 142 valence electrons. The highest BCUT2D eigenvalue weighted by molar-refractivity contribution is 5.96. The number of aromatic nitrogens is 7. The molecule has 0 bridgehead atoms. The molecule has 0 amide bonds. The molecule has 0 radical (unpaired) electrons. The Morgan fingerprint density at radius 1 is 0.667 bits per heavy atom. The third kappa shape index (κ3) is 2.64. The minimum absolute atomic E-state index is 0.670. The van der Waals surface area contributed by atoms with Gasteiger partial charge in [0, 0.05) is 41.5 Å². The zero-order valence-electron chi connectivity index (χ0n) is 15.7. The van der Waals surface area contributed by atoms with Gasteiger partial charge in [0.25, 0.3) is 0 Å². The van der Waals surface area contributed by atoms with Gasteiger partial charge in [-0.25, -0.2) is 9.97 Å². The van der Waals surface area contributed by atoms with Crippen molar-refractivity contribution in [1.29, 1.82) is 0 Å². The molecule has 0 spiro atoms. The van der Waals surface area contributed by atoms with Crippen molar-refractivity contribution >= 4 is 22.1 Å². The Morgan fingerprint density at radius 3 is 2.30 bits per heavy atom. The van der Waals surface area contributed by atoms with Crippen LogP contribution in [0, 0.1) is 0 Å². The number of benzene rings is 1. The molecule has 0 aliphatic rings. The Hall–Kier alpha value is -4.39. The number of hydrogen-bond acceptors (Lipinski definition) is 5. The van der Waals surface area contributed by atoms with Gasteiger partial charge < -0.3 is 4.98 Å². The van der Waals surface area contributed by atoms with Gasteiger partial charge in [0.05, 0.1) is 22.2 Å². The maximum absolute atomic E-state index is 4.87. The number of H-pyrrole nitrogens is 2. The minimum Gasteiger partial charge on any atom is -0.336 e. The molecule has 30 heavy (non-hydrogen) atoms. The molecule has 7 heteroatoms. The number of fused-ring (bicyclic) bond motifs is 2. The van der Waals surface area contributed by atoms with Gasteiger partial charge in [0.15, 0.2) is 11.5 Å². The Bertz CT molecular complexity index is 1480. The Labute approximate surface area is 170 Å². The quantitative estimate of drug-likeness (QED) is 0.460. The normalized spacial score (nSPS) is 11.3. The summed E-state index contributed by atoms with van der Waals surface area (Å²) in [6.07, 6.45) is 7.16. The van der Waals surface area contributed by atoms with Gasteiger partial charge in [0.2, 0.25) is 0 Å². The summed E-state index contributed by atoms with van der Waals surface area (Å²) in [5.74, 6) is 0.670. The second kappa shape index (κ2) is 6.59. The number of nitrogens with one attached hydrogen (secondary N) is 2. The highest BCUT2D eigenvalue weighted by atomic mass is 15.1. The van der Waals surface area contributed by atoms with E-state index in [9.17, 15) is 0 Å². The fourth-order valence-corrected chi connectivity index (χ4v) is 3.64. The Balaban J connectivity index is 1.52. The van der Waals surface area contributed by atoms with Crippen molar-refractivity contribution in [3.63, 3.8) is 0 Å². The van der Waals surface area contributed by atoms with Gasteiger partial charge in [-0.15, -0.1) is 0 Å². The third-order valence-corrected chi connectivity index (χ3v) is 5.07. The van der Waals surface area contributed by atoms with Gasteiger partial charge in [0.1, 0.15) is 5.52 Å². The average Bonchev–Trinajstić information content (AvgIpc) is 3.43. The molecule has 0 atom stereocenters. The van der Waals surface area contributed by atoms with Gasteiger partial charge >= 0.3 is 0 Å². The average molecular weight is 389 g/mol. The molecule has 0 aliphatic heterocycles. The minimum atomic E-state index is 0.670. The van der Waals surface area contributed by atoms with Crippen molar-refractivity contribution < 1.29 is 0 Å². The van der Waals surface area contributed by atoms with Crippen LogP contribution in [-0.2, 0) is 0 Å². The van der Waals surface area contributed by atoms with Crippen LogP contribution in [0.3, 0.4) is 0 Å². The lowest BCUT2D eigenvalue weighted by Crippen LogP contribution is -1.87. The van der Waals surface area contributed by atoms with Crippen LogP contribution in [-0.4, -0.2) is 35.1 Å². The molecule has 0 unspecified atom stereocenters. The van der Waals surface area contributed by atoms with E-state index in [0.717, 1.165) is 44.5 Å². The number of hydrogen-bond donors (Lipinski definition) is 2. The predicted octanol–water partition coefficient (Wildman–Crippen LogP) is 4.63. The predicted molar refractivity (Wildman–Crippen MR) is 115 cm³/mol. The van der Waals surface area contributed by atoms with E-state index in [1.165, 1.54) is 0 Å². The Morgan fingerprint density at radius 2 is 1.50 bits per heavy atom. The molecule has 7 nitrogen and oxygen atoms in total. The second-order valence-corrected chi connectivity index (χ2v) is 6.94. The SMILES string of the molecule is c1cncc(-c2ccc3[nH]nc(-c4nc5c(-c6cccnc6)cccc5[nH]4)c3n2)c1. The maximum atomic E-state index is 4.87. The van der Waals surface area contributed by atoms with E-state index >= 15 is 0 Å². The van der Waals surface area contributed by atoms with Gasteiger partial charge in [-0.2, -0.15) is 5.10 Å². The van der Waals surface area contributed by atoms with Crippen LogP contribution in [0.5, 0.6) is 0 Å². The second-order valence-electron chi connectivity index (χ2n) is 6.94. The lowest BCUT2D eigenvalue weighted by Gasteiger charge is -2.01. The van der Waals surface area contributed by atoms with Crippen molar-refractivity contribution in [3.8, 4) is 33.9 Å². The van der Waals surface area contributed by atoms with E-state index in [-0.39, 0.29) is 0 Å². The zero-order chi connectivity index (χ0) is 19.9. The lowest BCUT2D eigenvalue weighted by atomic mass is 10.1. The van der Waals surface area contributed by atoms with Gasteiger partial charge in [-0.3, -0.25) is 15.1 Å². The molecule has 1 aromatic carbocycles. The number of pyridine rings is 3. The van der Waals surface area contributed by atoms with E-state index in [2.05, 4.69) is 25.1 Å². The standard InChI is InChI=1S/C23H15N7/c1-6-16(14-4-2-10-24-12-14)20-18(7-1)27-23(28-20)22-21-19(29-30-22)9-8-17(26-21)15-5-3-11-25-13-15/h1-13H,(H,27,28)(H,29,30). The summed E-state index contributed by atoms with van der Waals surface area (Å²) in [7, 11) is 0. The van der Waals surface area contributed by atoms with Crippen LogP contribution < -0.4 is 0 Å². The highest BCUT2D eigenvalue weighted by Gasteiger charge is 2.16. The molecular weight excluding hydrogens is 374 g/mol. The van der Waals surface area contributed by atoms with Gasteiger partial charge in [-0.1, -0.05) is 18.2 Å². The molecule has 2 N–H and O–H groups in total. The number of para-hydroxylation sites is 1.